The molecule has 44 valence electrons. The summed E-state index contributed by atoms with van der Waals surface area (Å²) < 4.78 is 12.3. The van der Waals surface area contributed by atoms with Crippen LogP contribution in [0.5, 0.6) is 0 Å². The molecule has 0 amide bonds. The molecule has 0 rings (SSSR count). The van der Waals surface area contributed by atoms with Gasteiger partial charge in [0, 0.05) is 13.1 Å². The molecule has 0 aromatic heterocycles. The quantitative estimate of drug-likeness (QED) is 0.504. The van der Waals surface area contributed by atoms with Crippen molar-refractivity contribution in [2.24, 2.45) is 11.5 Å². The smallest absolute Gasteiger partial charge is 0.132 e. The van der Waals surface area contributed by atoms with Crippen LogP contribution < -0.4 is 11.5 Å². The number of rotatable bonds is 2. The highest BCUT2D eigenvalue weighted by Gasteiger charge is 2.16. The summed E-state index contributed by atoms with van der Waals surface area (Å²) in [6, 6.07) is 0. The molecular formula is C4H11FN2. The Morgan fingerprint density at radius 1 is 1.43 bits per heavy atom. The van der Waals surface area contributed by atoms with Crippen LogP contribution in [0, 0.1) is 0 Å². The summed E-state index contributed by atoms with van der Waals surface area (Å²) in [5.41, 5.74) is 8.56. The van der Waals surface area contributed by atoms with E-state index in [-0.39, 0.29) is 13.1 Å². The Morgan fingerprint density at radius 3 is 1.71 bits per heavy atom. The largest absolute Gasteiger partial charge is 0.327 e. The third-order valence-corrected chi connectivity index (χ3v) is 0.851. The van der Waals surface area contributed by atoms with Crippen LogP contribution in [0.1, 0.15) is 6.92 Å². The summed E-state index contributed by atoms with van der Waals surface area (Å²) in [7, 11) is 0. The van der Waals surface area contributed by atoms with Gasteiger partial charge in [-0.05, 0) is 6.92 Å². The van der Waals surface area contributed by atoms with Crippen molar-refractivity contribution in [2.45, 2.75) is 12.6 Å². The molecule has 0 aliphatic heterocycles. The minimum absolute atomic E-state index is 0.00347. The predicted octanol–water partition coefficient (Wildman–Crippen LogP) is -0.368. The number of alkyl halides is 1. The highest BCUT2D eigenvalue weighted by molar-refractivity contribution is 4.73. The molecular weight excluding hydrogens is 95.1 g/mol. The zero-order chi connectivity index (χ0) is 5.91. The molecule has 0 saturated carbocycles. The lowest BCUT2D eigenvalue weighted by Gasteiger charge is -2.13. The van der Waals surface area contributed by atoms with Crippen LogP contribution in [-0.4, -0.2) is 18.8 Å². The van der Waals surface area contributed by atoms with Crippen LogP contribution in [-0.2, 0) is 0 Å². The minimum atomic E-state index is -1.36. The molecule has 7 heavy (non-hydrogen) atoms. The second-order valence-electron chi connectivity index (χ2n) is 1.82. The van der Waals surface area contributed by atoms with Crippen molar-refractivity contribution in [1.82, 2.24) is 0 Å². The van der Waals surface area contributed by atoms with E-state index in [0.29, 0.717) is 0 Å². The van der Waals surface area contributed by atoms with Gasteiger partial charge in [-0.25, -0.2) is 4.39 Å². The van der Waals surface area contributed by atoms with Crippen molar-refractivity contribution >= 4 is 0 Å². The van der Waals surface area contributed by atoms with Gasteiger partial charge in [-0.1, -0.05) is 0 Å². The van der Waals surface area contributed by atoms with Gasteiger partial charge in [-0.3, -0.25) is 0 Å². The molecule has 0 aromatic rings. The van der Waals surface area contributed by atoms with E-state index in [0.717, 1.165) is 0 Å². The second kappa shape index (κ2) is 2.23. The van der Waals surface area contributed by atoms with Gasteiger partial charge in [0.25, 0.3) is 0 Å². The lowest BCUT2D eigenvalue weighted by atomic mass is 10.1. The van der Waals surface area contributed by atoms with E-state index in [2.05, 4.69) is 0 Å². The molecule has 0 heterocycles. The molecule has 0 spiro atoms. The maximum atomic E-state index is 12.3. The molecule has 2 nitrogen and oxygen atoms in total. The van der Waals surface area contributed by atoms with E-state index >= 15 is 0 Å². The molecule has 0 atom stereocenters. The van der Waals surface area contributed by atoms with Crippen LogP contribution >= 0.6 is 0 Å². The first kappa shape index (κ1) is 6.85. The van der Waals surface area contributed by atoms with Crippen molar-refractivity contribution in [3.05, 3.63) is 0 Å². The van der Waals surface area contributed by atoms with Gasteiger partial charge in [0.15, 0.2) is 0 Å². The Hall–Kier alpha value is -0.150. The first-order valence-electron chi connectivity index (χ1n) is 2.21. The third-order valence-electron chi connectivity index (χ3n) is 0.851. The highest BCUT2D eigenvalue weighted by Crippen LogP contribution is 2.02. The van der Waals surface area contributed by atoms with Gasteiger partial charge in [0.05, 0.1) is 0 Å². The SMILES string of the molecule is CC(F)(CN)CN. The second-order valence-corrected chi connectivity index (χ2v) is 1.82. The lowest BCUT2D eigenvalue weighted by Crippen LogP contribution is -2.37. The van der Waals surface area contributed by atoms with Crippen molar-refractivity contribution in [2.75, 3.05) is 13.1 Å². The van der Waals surface area contributed by atoms with Gasteiger partial charge in [-0.2, -0.15) is 0 Å². The maximum Gasteiger partial charge on any atom is 0.132 e. The van der Waals surface area contributed by atoms with Crippen molar-refractivity contribution in [3.63, 3.8) is 0 Å². The first-order chi connectivity index (χ1) is 3.12. The summed E-state index contributed by atoms with van der Waals surface area (Å²) in [6.07, 6.45) is 0. The molecule has 4 N–H and O–H groups in total. The Balaban J connectivity index is 3.36. The minimum Gasteiger partial charge on any atom is -0.327 e. The number of hydrogen-bond donors (Lipinski definition) is 2. The van der Waals surface area contributed by atoms with Crippen LogP contribution in [0.15, 0.2) is 0 Å². The van der Waals surface area contributed by atoms with Crippen molar-refractivity contribution in [3.8, 4) is 0 Å². The average Bonchev–Trinajstić information content (AvgIpc) is 1.68. The van der Waals surface area contributed by atoms with Gasteiger partial charge < -0.3 is 11.5 Å². The monoisotopic (exact) mass is 106 g/mol. The third kappa shape index (κ3) is 2.53. The van der Waals surface area contributed by atoms with Gasteiger partial charge in [-0.15, -0.1) is 0 Å². The molecule has 0 bridgehead atoms. The molecule has 0 saturated heterocycles. The van der Waals surface area contributed by atoms with Crippen LogP contribution in [0.2, 0.25) is 0 Å². The lowest BCUT2D eigenvalue weighted by molar-refractivity contribution is 0.211. The number of nitrogens with two attached hydrogens (primary N) is 2. The summed E-state index contributed by atoms with van der Waals surface area (Å²) in [6.45, 7) is 1.39. The summed E-state index contributed by atoms with van der Waals surface area (Å²) in [5.74, 6) is 0. The topological polar surface area (TPSA) is 52.0 Å². The Bertz CT molecular complexity index is 47.7. The zero-order valence-corrected chi connectivity index (χ0v) is 4.45. The Kier molecular flexibility index (Phi) is 2.19. The van der Waals surface area contributed by atoms with Crippen molar-refractivity contribution in [1.29, 1.82) is 0 Å². The fraction of sp³-hybridized carbons (Fsp3) is 1.00. The van der Waals surface area contributed by atoms with Gasteiger partial charge in [0.2, 0.25) is 0 Å². The Labute approximate surface area is 42.7 Å². The summed E-state index contributed by atoms with van der Waals surface area (Å²) in [5, 5.41) is 0. The van der Waals surface area contributed by atoms with E-state index in [1.165, 1.54) is 6.92 Å². The maximum absolute atomic E-state index is 12.3. The summed E-state index contributed by atoms with van der Waals surface area (Å²) >= 11 is 0. The standard InChI is InChI=1S/C4H11FN2/c1-4(5,2-6)3-7/h2-3,6-7H2,1H3. The van der Waals surface area contributed by atoms with E-state index < -0.39 is 5.67 Å². The zero-order valence-electron chi connectivity index (χ0n) is 4.45. The van der Waals surface area contributed by atoms with Crippen LogP contribution in [0.4, 0.5) is 4.39 Å². The predicted molar refractivity (Wildman–Crippen MR) is 27.6 cm³/mol. The van der Waals surface area contributed by atoms with E-state index in [9.17, 15) is 4.39 Å². The first-order valence-corrected chi connectivity index (χ1v) is 2.21. The molecule has 0 radical (unpaired) electrons. The fourth-order valence-corrected chi connectivity index (χ4v) is 0.0833. The average molecular weight is 106 g/mol. The molecule has 0 aromatic carbocycles. The number of hydrogen-bond acceptors (Lipinski definition) is 2. The van der Waals surface area contributed by atoms with Crippen LogP contribution in [0.25, 0.3) is 0 Å². The molecule has 0 aliphatic carbocycles. The van der Waals surface area contributed by atoms with Gasteiger partial charge >= 0.3 is 0 Å². The highest BCUT2D eigenvalue weighted by atomic mass is 19.1. The normalized spacial score (nSPS) is 12.0. The Morgan fingerprint density at radius 2 is 1.71 bits per heavy atom. The fourth-order valence-electron chi connectivity index (χ4n) is 0.0833. The molecule has 3 heteroatoms. The molecule has 0 aliphatic rings. The van der Waals surface area contributed by atoms with Gasteiger partial charge in [0.1, 0.15) is 5.67 Å². The molecule has 0 unspecified atom stereocenters. The number of halogens is 1. The van der Waals surface area contributed by atoms with Crippen molar-refractivity contribution < 1.29 is 4.39 Å². The van der Waals surface area contributed by atoms with E-state index in [4.69, 9.17) is 11.5 Å². The summed E-state index contributed by atoms with van der Waals surface area (Å²) in [4.78, 5) is 0. The molecule has 0 fully saturated rings. The van der Waals surface area contributed by atoms with E-state index in [1.54, 1.807) is 0 Å². The van der Waals surface area contributed by atoms with E-state index in [1.807, 2.05) is 0 Å². The van der Waals surface area contributed by atoms with Crippen LogP contribution in [0.3, 0.4) is 0 Å².